The number of rotatable bonds is 3. The summed E-state index contributed by atoms with van der Waals surface area (Å²) in [5.41, 5.74) is 7.31. The van der Waals surface area contributed by atoms with Crippen LogP contribution in [0.2, 0.25) is 0 Å². The fraction of sp³-hybridized carbons (Fsp3) is 1.00. The Bertz CT molecular complexity index is 267. The van der Waals surface area contributed by atoms with Crippen molar-refractivity contribution in [2.24, 2.45) is 11.1 Å². The summed E-state index contributed by atoms with van der Waals surface area (Å²) in [4.78, 5) is 2.69. The van der Waals surface area contributed by atoms with E-state index in [2.05, 4.69) is 4.90 Å². The molecule has 2 saturated carbocycles. The van der Waals surface area contributed by atoms with Gasteiger partial charge in [-0.25, -0.2) is 0 Å². The van der Waals surface area contributed by atoms with Crippen molar-refractivity contribution in [2.75, 3.05) is 19.6 Å². The van der Waals surface area contributed by atoms with Crippen molar-refractivity contribution in [3.05, 3.63) is 0 Å². The van der Waals surface area contributed by atoms with Crippen molar-refractivity contribution >= 4 is 0 Å². The molecular formula is C16H30N2. The fourth-order valence-electron chi connectivity index (χ4n) is 4.31. The lowest BCUT2D eigenvalue weighted by atomic mass is 9.68. The summed E-state index contributed by atoms with van der Waals surface area (Å²) in [6, 6.07) is 0. The highest BCUT2D eigenvalue weighted by Crippen LogP contribution is 2.44. The Morgan fingerprint density at radius 3 is 2.00 bits per heavy atom. The molecule has 0 radical (unpaired) electrons. The Morgan fingerprint density at radius 1 is 0.778 bits per heavy atom. The van der Waals surface area contributed by atoms with Crippen LogP contribution in [0.15, 0.2) is 0 Å². The minimum absolute atomic E-state index is 0.222. The highest BCUT2D eigenvalue weighted by atomic mass is 15.1. The topological polar surface area (TPSA) is 29.3 Å². The van der Waals surface area contributed by atoms with Crippen LogP contribution in [0, 0.1) is 5.41 Å². The normalized spacial score (nSPS) is 31.2. The molecule has 1 spiro atoms. The molecule has 3 fully saturated rings. The zero-order valence-corrected chi connectivity index (χ0v) is 11.9. The maximum atomic E-state index is 6.33. The summed E-state index contributed by atoms with van der Waals surface area (Å²) >= 11 is 0. The van der Waals surface area contributed by atoms with Gasteiger partial charge in [0.25, 0.3) is 0 Å². The second-order valence-corrected chi connectivity index (χ2v) is 7.37. The molecule has 3 rings (SSSR count). The number of nitrogens with two attached hydrogens (primary N) is 1. The van der Waals surface area contributed by atoms with Crippen molar-refractivity contribution in [3.63, 3.8) is 0 Å². The Kier molecular flexibility index (Phi) is 3.68. The Hall–Kier alpha value is -0.0800. The summed E-state index contributed by atoms with van der Waals surface area (Å²) in [7, 11) is 0. The van der Waals surface area contributed by atoms with Gasteiger partial charge in [0.2, 0.25) is 0 Å². The van der Waals surface area contributed by atoms with Crippen LogP contribution in [-0.2, 0) is 0 Å². The summed E-state index contributed by atoms with van der Waals surface area (Å²) < 4.78 is 0. The molecule has 0 unspecified atom stereocenters. The summed E-state index contributed by atoms with van der Waals surface area (Å²) in [5, 5.41) is 0. The zero-order chi connectivity index (χ0) is 12.5. The minimum Gasteiger partial charge on any atom is -0.325 e. The molecule has 2 nitrogen and oxygen atoms in total. The summed E-state index contributed by atoms with van der Waals surface area (Å²) in [5.74, 6) is 0. The highest BCUT2D eigenvalue weighted by molar-refractivity contribution is 4.94. The van der Waals surface area contributed by atoms with E-state index in [0.717, 1.165) is 5.41 Å². The first-order valence-electron chi connectivity index (χ1n) is 8.21. The number of likely N-dealkylation sites (tertiary alicyclic amines) is 1. The van der Waals surface area contributed by atoms with Crippen LogP contribution in [-0.4, -0.2) is 30.1 Å². The van der Waals surface area contributed by atoms with Gasteiger partial charge < -0.3 is 10.6 Å². The fourth-order valence-corrected chi connectivity index (χ4v) is 4.31. The first kappa shape index (κ1) is 12.9. The van der Waals surface area contributed by atoms with E-state index in [4.69, 9.17) is 5.73 Å². The average Bonchev–Trinajstić information content (AvgIpc) is 2.37. The first-order chi connectivity index (χ1) is 8.70. The second-order valence-electron chi connectivity index (χ2n) is 7.37. The predicted molar refractivity (Wildman–Crippen MR) is 76.6 cm³/mol. The molecule has 2 aliphatic carbocycles. The lowest BCUT2D eigenvalue weighted by Gasteiger charge is -2.46. The first-order valence-corrected chi connectivity index (χ1v) is 8.21. The number of nitrogens with zero attached hydrogens (tertiary/aromatic N) is 1. The molecule has 18 heavy (non-hydrogen) atoms. The van der Waals surface area contributed by atoms with Gasteiger partial charge in [-0.3, -0.25) is 0 Å². The maximum absolute atomic E-state index is 6.33. The number of piperidine rings is 1. The standard InChI is InChI=1S/C16H30N2/c17-16(7-4-8-16)11-14-18-12-9-15(10-13-18)5-2-1-3-6-15/h1-14,17H2. The average molecular weight is 250 g/mol. The van der Waals surface area contributed by atoms with E-state index in [0.29, 0.717) is 0 Å². The van der Waals surface area contributed by atoms with E-state index in [1.165, 1.54) is 90.3 Å². The number of hydrogen-bond acceptors (Lipinski definition) is 2. The van der Waals surface area contributed by atoms with Crippen molar-refractivity contribution < 1.29 is 0 Å². The summed E-state index contributed by atoms with van der Waals surface area (Å²) in [6.45, 7) is 3.94. The molecule has 2 N–H and O–H groups in total. The Labute approximate surface area is 112 Å². The van der Waals surface area contributed by atoms with Gasteiger partial charge in [0.15, 0.2) is 0 Å². The monoisotopic (exact) mass is 250 g/mol. The molecule has 1 heterocycles. The molecule has 0 amide bonds. The molecule has 104 valence electrons. The smallest absolute Gasteiger partial charge is 0.0166 e. The molecule has 1 aliphatic heterocycles. The van der Waals surface area contributed by atoms with Crippen LogP contribution >= 0.6 is 0 Å². The zero-order valence-electron chi connectivity index (χ0n) is 11.9. The molecule has 0 bridgehead atoms. The van der Waals surface area contributed by atoms with E-state index in [1.807, 2.05) is 0 Å². The quantitative estimate of drug-likeness (QED) is 0.832. The lowest BCUT2D eigenvalue weighted by molar-refractivity contribution is 0.0600. The van der Waals surface area contributed by atoms with Crippen LogP contribution in [0.5, 0.6) is 0 Å². The molecule has 0 aromatic heterocycles. The molecule has 0 aromatic rings. The molecule has 0 aromatic carbocycles. The van der Waals surface area contributed by atoms with Gasteiger partial charge in [-0.2, -0.15) is 0 Å². The largest absolute Gasteiger partial charge is 0.325 e. The van der Waals surface area contributed by atoms with E-state index < -0.39 is 0 Å². The summed E-state index contributed by atoms with van der Waals surface area (Å²) in [6.07, 6.45) is 15.6. The van der Waals surface area contributed by atoms with Crippen molar-refractivity contribution in [2.45, 2.75) is 76.2 Å². The van der Waals surface area contributed by atoms with Gasteiger partial charge in [-0.05, 0) is 76.4 Å². The van der Waals surface area contributed by atoms with Crippen LogP contribution in [0.1, 0.15) is 70.6 Å². The second kappa shape index (κ2) is 5.13. The highest BCUT2D eigenvalue weighted by Gasteiger charge is 2.37. The molecule has 0 atom stereocenters. The maximum Gasteiger partial charge on any atom is 0.0166 e. The van der Waals surface area contributed by atoms with Crippen molar-refractivity contribution in [1.82, 2.24) is 4.90 Å². The van der Waals surface area contributed by atoms with E-state index in [1.54, 1.807) is 0 Å². The van der Waals surface area contributed by atoms with E-state index in [9.17, 15) is 0 Å². The van der Waals surface area contributed by atoms with Gasteiger partial charge in [0.05, 0.1) is 0 Å². The van der Waals surface area contributed by atoms with E-state index >= 15 is 0 Å². The molecule has 1 saturated heterocycles. The third kappa shape index (κ3) is 2.75. The van der Waals surface area contributed by atoms with E-state index in [-0.39, 0.29) is 5.54 Å². The third-order valence-electron chi connectivity index (χ3n) is 6.11. The SMILES string of the molecule is NC1(CCN2CCC3(CCCCC3)CC2)CCC1. The third-order valence-corrected chi connectivity index (χ3v) is 6.11. The van der Waals surface area contributed by atoms with Crippen molar-refractivity contribution in [1.29, 1.82) is 0 Å². The Balaban J connectivity index is 1.42. The van der Waals surface area contributed by atoms with Crippen LogP contribution in [0.4, 0.5) is 0 Å². The molecule has 2 heteroatoms. The van der Waals surface area contributed by atoms with Crippen LogP contribution < -0.4 is 5.73 Å². The van der Waals surface area contributed by atoms with Crippen LogP contribution in [0.3, 0.4) is 0 Å². The minimum atomic E-state index is 0.222. The van der Waals surface area contributed by atoms with Crippen LogP contribution in [0.25, 0.3) is 0 Å². The lowest BCUT2D eigenvalue weighted by Crippen LogP contribution is -2.50. The van der Waals surface area contributed by atoms with Gasteiger partial charge in [-0.15, -0.1) is 0 Å². The molecular weight excluding hydrogens is 220 g/mol. The Morgan fingerprint density at radius 2 is 1.44 bits per heavy atom. The van der Waals surface area contributed by atoms with Gasteiger partial charge in [-0.1, -0.05) is 19.3 Å². The van der Waals surface area contributed by atoms with Gasteiger partial charge in [0, 0.05) is 5.54 Å². The van der Waals surface area contributed by atoms with Gasteiger partial charge >= 0.3 is 0 Å². The number of hydrogen-bond donors (Lipinski definition) is 1. The molecule has 3 aliphatic rings. The van der Waals surface area contributed by atoms with Crippen molar-refractivity contribution in [3.8, 4) is 0 Å². The van der Waals surface area contributed by atoms with Gasteiger partial charge in [0.1, 0.15) is 0 Å². The predicted octanol–water partition coefficient (Wildman–Crippen LogP) is 3.30.